The Hall–Kier alpha value is -1.43. The smallest absolute Gasteiger partial charge is 0.335 e. The van der Waals surface area contributed by atoms with Crippen molar-refractivity contribution < 1.29 is 14.3 Å². The summed E-state index contributed by atoms with van der Waals surface area (Å²) in [5.74, 6) is 0.191. The molecule has 2 aliphatic rings. The van der Waals surface area contributed by atoms with Gasteiger partial charge in [0.25, 0.3) is 0 Å². The van der Waals surface area contributed by atoms with Crippen LogP contribution in [0, 0.1) is 5.92 Å². The maximum Gasteiger partial charge on any atom is 0.335 e. The first kappa shape index (κ1) is 12.0. The number of ether oxygens (including phenoxy) is 2. The first-order valence-corrected chi connectivity index (χ1v) is 5.82. The largest absolute Gasteiger partial charge is 0.462 e. The molecule has 1 saturated heterocycles. The first-order chi connectivity index (χ1) is 8.16. The van der Waals surface area contributed by atoms with E-state index in [4.69, 9.17) is 9.47 Å². The molecule has 6 heteroatoms. The molecule has 2 rings (SSSR count). The second-order valence-electron chi connectivity index (χ2n) is 4.52. The van der Waals surface area contributed by atoms with Crippen molar-refractivity contribution in [2.75, 3.05) is 19.8 Å². The van der Waals surface area contributed by atoms with Gasteiger partial charge in [-0.3, -0.25) is 0 Å². The Morgan fingerprint density at radius 1 is 1.65 bits per heavy atom. The molecule has 2 heterocycles. The van der Waals surface area contributed by atoms with Gasteiger partial charge in [-0.25, -0.2) is 9.80 Å². The fourth-order valence-corrected chi connectivity index (χ4v) is 1.59. The van der Waals surface area contributed by atoms with E-state index in [0.29, 0.717) is 37.7 Å². The number of rotatable bonds is 4. The van der Waals surface area contributed by atoms with Crippen LogP contribution in [0.25, 0.3) is 0 Å². The Labute approximate surface area is 100 Å². The van der Waals surface area contributed by atoms with Crippen LogP contribution in [0.5, 0.6) is 0 Å². The lowest BCUT2D eigenvalue weighted by Crippen LogP contribution is -2.29. The minimum absolute atomic E-state index is 0.196. The molecule has 6 nitrogen and oxygen atoms in total. The van der Waals surface area contributed by atoms with Crippen LogP contribution in [0.3, 0.4) is 0 Å². The maximum atomic E-state index is 11.3. The second-order valence-corrected chi connectivity index (χ2v) is 4.52. The molecular formula is C11H17N3O3. The Kier molecular flexibility index (Phi) is 3.73. The van der Waals surface area contributed by atoms with E-state index in [2.05, 4.69) is 24.2 Å². The van der Waals surface area contributed by atoms with E-state index in [1.807, 2.05) is 0 Å². The lowest BCUT2D eigenvalue weighted by atomic mass is 10.2. The zero-order chi connectivity index (χ0) is 12.3. The summed E-state index contributed by atoms with van der Waals surface area (Å²) < 4.78 is 10.5. The highest BCUT2D eigenvalue weighted by Crippen LogP contribution is 2.19. The molecule has 0 radical (unpaired) electrons. The topological polar surface area (TPSA) is 63.5 Å². The van der Waals surface area contributed by atoms with Gasteiger partial charge in [-0.2, -0.15) is 5.11 Å². The van der Waals surface area contributed by atoms with Gasteiger partial charge in [0.05, 0.1) is 18.8 Å². The fraction of sp³-hybridized carbons (Fsp3) is 0.727. The molecule has 0 bridgehead atoms. The van der Waals surface area contributed by atoms with Gasteiger partial charge in [-0.05, 0) is 5.92 Å². The Balaban J connectivity index is 1.94. The molecule has 0 aromatic rings. The Bertz CT molecular complexity index is 352. The SMILES string of the molecule is CC(C)CO[C@H]1CN=NN1/C=C1\CCOC1=O. The van der Waals surface area contributed by atoms with E-state index < -0.39 is 0 Å². The van der Waals surface area contributed by atoms with Crippen LogP contribution in [0.4, 0.5) is 0 Å². The van der Waals surface area contributed by atoms with Crippen molar-refractivity contribution in [1.29, 1.82) is 0 Å². The summed E-state index contributed by atoms with van der Waals surface area (Å²) in [5.41, 5.74) is 0.629. The standard InChI is InChI=1S/C11H17N3O3/c1-8(2)7-17-10-5-12-13-14(10)6-9-3-4-16-11(9)15/h6,8,10H,3-5,7H2,1-2H3/b9-6+/t10-/m0/s1. The second kappa shape index (κ2) is 5.27. The number of esters is 1. The highest BCUT2D eigenvalue weighted by atomic mass is 16.5. The van der Waals surface area contributed by atoms with Crippen LogP contribution >= 0.6 is 0 Å². The average molecular weight is 239 g/mol. The molecule has 0 N–H and O–H groups in total. The fourth-order valence-electron chi connectivity index (χ4n) is 1.59. The van der Waals surface area contributed by atoms with Gasteiger partial charge in [0.2, 0.25) is 0 Å². The molecule has 17 heavy (non-hydrogen) atoms. The van der Waals surface area contributed by atoms with E-state index in [0.717, 1.165) is 0 Å². The van der Waals surface area contributed by atoms with Crippen molar-refractivity contribution in [3.05, 3.63) is 11.8 Å². The van der Waals surface area contributed by atoms with Crippen molar-refractivity contribution in [2.45, 2.75) is 26.5 Å². The Morgan fingerprint density at radius 2 is 2.47 bits per heavy atom. The van der Waals surface area contributed by atoms with Gasteiger partial charge in [-0.1, -0.05) is 19.1 Å². The number of hydrogen-bond acceptors (Lipinski definition) is 6. The van der Waals surface area contributed by atoms with Gasteiger partial charge in [0.1, 0.15) is 6.54 Å². The van der Waals surface area contributed by atoms with Crippen LogP contribution in [0.15, 0.2) is 22.1 Å². The van der Waals surface area contributed by atoms with E-state index >= 15 is 0 Å². The van der Waals surface area contributed by atoms with Gasteiger partial charge < -0.3 is 9.47 Å². The van der Waals surface area contributed by atoms with Gasteiger partial charge in [0.15, 0.2) is 6.23 Å². The number of carbonyl (C=O) groups excluding carboxylic acids is 1. The lowest BCUT2D eigenvalue weighted by molar-refractivity contribution is -0.135. The van der Waals surface area contributed by atoms with Crippen molar-refractivity contribution in [2.24, 2.45) is 16.3 Å². The van der Waals surface area contributed by atoms with Crippen LogP contribution in [-0.4, -0.2) is 37.0 Å². The lowest BCUT2D eigenvalue weighted by Gasteiger charge is -2.19. The summed E-state index contributed by atoms with van der Waals surface area (Å²) in [6, 6.07) is 0. The van der Waals surface area contributed by atoms with E-state index in [1.54, 1.807) is 11.2 Å². The highest BCUT2D eigenvalue weighted by Gasteiger charge is 2.26. The summed E-state index contributed by atoms with van der Waals surface area (Å²) in [5, 5.41) is 9.46. The number of cyclic esters (lactones) is 1. The Morgan fingerprint density at radius 3 is 3.12 bits per heavy atom. The van der Waals surface area contributed by atoms with Crippen molar-refractivity contribution in [3.63, 3.8) is 0 Å². The summed E-state index contributed by atoms with van der Waals surface area (Å²) in [6.07, 6.45) is 2.11. The molecular weight excluding hydrogens is 222 g/mol. The number of carbonyl (C=O) groups is 1. The summed E-state index contributed by atoms with van der Waals surface area (Å²) in [4.78, 5) is 11.3. The summed E-state index contributed by atoms with van der Waals surface area (Å²) in [7, 11) is 0. The molecule has 0 aromatic heterocycles. The van der Waals surface area contributed by atoms with E-state index in [1.165, 1.54) is 0 Å². The molecule has 0 saturated carbocycles. The average Bonchev–Trinajstić information content (AvgIpc) is 2.87. The highest BCUT2D eigenvalue weighted by molar-refractivity contribution is 5.90. The molecule has 0 aliphatic carbocycles. The van der Waals surface area contributed by atoms with Crippen LogP contribution in [0.2, 0.25) is 0 Å². The quantitative estimate of drug-likeness (QED) is 0.551. The normalized spacial score (nSPS) is 26.3. The maximum absolute atomic E-state index is 11.3. The zero-order valence-corrected chi connectivity index (χ0v) is 10.1. The molecule has 1 fully saturated rings. The number of hydrogen-bond donors (Lipinski definition) is 0. The van der Waals surface area contributed by atoms with Crippen LogP contribution < -0.4 is 0 Å². The predicted molar refractivity (Wildman–Crippen MR) is 59.8 cm³/mol. The first-order valence-electron chi connectivity index (χ1n) is 5.82. The van der Waals surface area contributed by atoms with E-state index in [-0.39, 0.29) is 12.2 Å². The van der Waals surface area contributed by atoms with Crippen LogP contribution in [-0.2, 0) is 14.3 Å². The molecule has 2 aliphatic heterocycles. The van der Waals surface area contributed by atoms with Crippen LogP contribution in [0.1, 0.15) is 20.3 Å². The predicted octanol–water partition coefficient (Wildman–Crippen LogP) is 1.50. The number of nitrogens with zero attached hydrogens (tertiary/aromatic N) is 3. The molecule has 0 aromatic carbocycles. The van der Waals surface area contributed by atoms with Crippen molar-refractivity contribution in [1.82, 2.24) is 5.01 Å². The summed E-state index contributed by atoms with van der Waals surface area (Å²) in [6.45, 7) is 5.78. The van der Waals surface area contributed by atoms with E-state index in [9.17, 15) is 4.79 Å². The molecule has 94 valence electrons. The van der Waals surface area contributed by atoms with Crippen molar-refractivity contribution >= 4 is 5.97 Å². The monoisotopic (exact) mass is 239 g/mol. The van der Waals surface area contributed by atoms with Crippen molar-refractivity contribution in [3.8, 4) is 0 Å². The zero-order valence-electron chi connectivity index (χ0n) is 10.1. The molecule has 0 spiro atoms. The third-order valence-electron chi connectivity index (χ3n) is 2.48. The van der Waals surface area contributed by atoms with Gasteiger partial charge in [0, 0.05) is 12.6 Å². The molecule has 1 atom stereocenters. The van der Waals surface area contributed by atoms with Gasteiger partial charge in [-0.15, -0.1) is 0 Å². The summed E-state index contributed by atoms with van der Waals surface area (Å²) >= 11 is 0. The third kappa shape index (κ3) is 3.03. The van der Waals surface area contributed by atoms with Gasteiger partial charge >= 0.3 is 5.97 Å². The molecule has 0 amide bonds. The molecule has 0 unspecified atom stereocenters. The third-order valence-corrected chi connectivity index (χ3v) is 2.48. The minimum atomic E-state index is -0.269. The minimum Gasteiger partial charge on any atom is -0.462 e.